The third kappa shape index (κ3) is 24.6. The van der Waals surface area contributed by atoms with Crippen molar-refractivity contribution in [3.05, 3.63) is 0 Å². The van der Waals surface area contributed by atoms with Gasteiger partial charge in [0.15, 0.2) is 0 Å². The van der Waals surface area contributed by atoms with Crippen molar-refractivity contribution in [3.8, 4) is 0 Å². The molecular formula is C11H26N2O2. The highest BCUT2D eigenvalue weighted by Crippen LogP contribution is 1.78. The lowest BCUT2D eigenvalue weighted by Crippen LogP contribution is -2.22. The molecule has 0 radical (unpaired) electrons. The third-order valence-corrected chi connectivity index (χ3v) is 1.44. The normalized spacial score (nSPS) is 7.40. The summed E-state index contributed by atoms with van der Waals surface area (Å²) in [5, 5.41) is 2.57. The first-order valence-corrected chi connectivity index (χ1v) is 5.41. The van der Waals surface area contributed by atoms with Crippen LogP contribution in [0.1, 0.15) is 41.5 Å². The van der Waals surface area contributed by atoms with E-state index in [0.29, 0.717) is 0 Å². The molecule has 0 fully saturated rings. The first kappa shape index (κ1) is 19.5. The Morgan fingerprint density at radius 3 is 1.53 bits per heavy atom. The van der Waals surface area contributed by atoms with Crippen LogP contribution >= 0.6 is 0 Å². The van der Waals surface area contributed by atoms with Crippen LogP contribution in [0.3, 0.4) is 0 Å². The molecule has 0 aliphatic rings. The van der Waals surface area contributed by atoms with Crippen LogP contribution in [0.4, 0.5) is 0 Å². The van der Waals surface area contributed by atoms with Gasteiger partial charge in [0.25, 0.3) is 0 Å². The summed E-state index contributed by atoms with van der Waals surface area (Å²) in [6.07, 6.45) is 0. The highest BCUT2D eigenvalue weighted by molar-refractivity contribution is 5.72. The lowest BCUT2D eigenvalue weighted by Gasteiger charge is -2.09. The second kappa shape index (κ2) is 15.4. The summed E-state index contributed by atoms with van der Waals surface area (Å²) >= 11 is 0. The third-order valence-electron chi connectivity index (χ3n) is 1.44. The lowest BCUT2D eigenvalue weighted by atomic mass is 10.6. The Bertz CT molecular complexity index is 159. The van der Waals surface area contributed by atoms with Crippen LogP contribution in [0, 0.1) is 0 Å². The molecule has 0 saturated heterocycles. The van der Waals surface area contributed by atoms with Gasteiger partial charge in [-0.1, -0.05) is 13.8 Å². The fourth-order valence-electron chi connectivity index (χ4n) is 0.472. The molecule has 4 heteroatoms. The maximum absolute atomic E-state index is 10.3. The summed E-state index contributed by atoms with van der Waals surface area (Å²) in [6.45, 7) is 12.4. The standard InChI is InChI=1S/C5H11NO.C4H9NO.C2H6/c1-4-6(3)5(2)7;1-3-5-4(2)6;1-2/h4H2,1-3H3;3H2,1-2H3,(H,5,6);1-2H3. The van der Waals surface area contributed by atoms with Crippen molar-refractivity contribution in [2.75, 3.05) is 20.1 Å². The molecule has 0 unspecified atom stereocenters. The van der Waals surface area contributed by atoms with E-state index in [9.17, 15) is 9.59 Å². The van der Waals surface area contributed by atoms with Gasteiger partial charge in [0, 0.05) is 34.0 Å². The fraction of sp³-hybridized carbons (Fsp3) is 0.818. The van der Waals surface area contributed by atoms with Crippen LogP contribution in [0.2, 0.25) is 0 Å². The van der Waals surface area contributed by atoms with Gasteiger partial charge in [-0.3, -0.25) is 9.59 Å². The second-order valence-corrected chi connectivity index (χ2v) is 2.62. The smallest absolute Gasteiger partial charge is 0.219 e. The Morgan fingerprint density at radius 2 is 1.53 bits per heavy atom. The maximum atomic E-state index is 10.3. The van der Waals surface area contributed by atoms with E-state index >= 15 is 0 Å². The highest BCUT2D eigenvalue weighted by Gasteiger charge is 1.93. The zero-order valence-corrected chi connectivity index (χ0v) is 11.2. The van der Waals surface area contributed by atoms with Crippen LogP contribution in [0.25, 0.3) is 0 Å². The minimum absolute atomic E-state index is 0.0394. The van der Waals surface area contributed by atoms with Crippen molar-refractivity contribution in [1.82, 2.24) is 10.2 Å². The number of rotatable bonds is 2. The van der Waals surface area contributed by atoms with Gasteiger partial charge >= 0.3 is 0 Å². The fourth-order valence-corrected chi connectivity index (χ4v) is 0.472. The van der Waals surface area contributed by atoms with Gasteiger partial charge in [-0.25, -0.2) is 0 Å². The van der Waals surface area contributed by atoms with E-state index in [2.05, 4.69) is 5.32 Å². The second-order valence-electron chi connectivity index (χ2n) is 2.62. The van der Waals surface area contributed by atoms with Crippen LogP contribution in [-0.4, -0.2) is 36.9 Å². The average Bonchev–Trinajstić information content (AvgIpc) is 2.20. The largest absolute Gasteiger partial charge is 0.357 e. The van der Waals surface area contributed by atoms with Gasteiger partial charge in [0.05, 0.1) is 0 Å². The molecule has 0 aliphatic heterocycles. The molecule has 4 nitrogen and oxygen atoms in total. The highest BCUT2D eigenvalue weighted by atomic mass is 16.2. The van der Waals surface area contributed by atoms with Crippen molar-refractivity contribution in [1.29, 1.82) is 0 Å². The number of nitrogens with one attached hydrogen (secondary N) is 1. The predicted molar refractivity (Wildman–Crippen MR) is 64.7 cm³/mol. The Kier molecular flexibility index (Phi) is 20.0. The Balaban J connectivity index is -0.000000166. The molecule has 0 aromatic carbocycles. The summed E-state index contributed by atoms with van der Waals surface area (Å²) in [4.78, 5) is 21.9. The summed E-state index contributed by atoms with van der Waals surface area (Å²) in [6, 6.07) is 0. The molecule has 0 rings (SSSR count). The number of nitrogens with zero attached hydrogens (tertiary/aromatic N) is 1. The maximum Gasteiger partial charge on any atom is 0.219 e. The van der Waals surface area contributed by atoms with Gasteiger partial charge in [-0.05, 0) is 13.8 Å². The summed E-state index contributed by atoms with van der Waals surface area (Å²) in [5.41, 5.74) is 0. The molecule has 0 atom stereocenters. The molecule has 0 heterocycles. The summed E-state index contributed by atoms with van der Waals surface area (Å²) < 4.78 is 0. The Hall–Kier alpha value is -1.06. The van der Waals surface area contributed by atoms with Crippen molar-refractivity contribution in [2.45, 2.75) is 41.5 Å². The average molecular weight is 218 g/mol. The van der Waals surface area contributed by atoms with Crippen LogP contribution in [0.5, 0.6) is 0 Å². The molecule has 0 saturated carbocycles. The minimum Gasteiger partial charge on any atom is -0.357 e. The van der Waals surface area contributed by atoms with Gasteiger partial charge in [-0.2, -0.15) is 0 Å². The number of hydrogen-bond acceptors (Lipinski definition) is 2. The molecule has 15 heavy (non-hydrogen) atoms. The van der Waals surface area contributed by atoms with Gasteiger partial charge in [0.2, 0.25) is 11.8 Å². The van der Waals surface area contributed by atoms with E-state index in [4.69, 9.17) is 0 Å². The Labute approximate surface area is 94.0 Å². The lowest BCUT2D eigenvalue weighted by molar-refractivity contribution is -0.127. The van der Waals surface area contributed by atoms with E-state index in [1.807, 2.05) is 27.7 Å². The van der Waals surface area contributed by atoms with Crippen molar-refractivity contribution in [2.24, 2.45) is 0 Å². The van der Waals surface area contributed by atoms with Crippen LogP contribution < -0.4 is 5.32 Å². The first-order valence-electron chi connectivity index (χ1n) is 5.41. The first-order chi connectivity index (χ1) is 6.95. The van der Waals surface area contributed by atoms with Crippen LogP contribution in [-0.2, 0) is 9.59 Å². The zero-order valence-electron chi connectivity index (χ0n) is 11.2. The van der Waals surface area contributed by atoms with E-state index in [0.717, 1.165) is 13.1 Å². The summed E-state index contributed by atoms with van der Waals surface area (Å²) in [5.74, 6) is 0.167. The van der Waals surface area contributed by atoms with Gasteiger partial charge < -0.3 is 10.2 Å². The Morgan fingerprint density at radius 1 is 1.13 bits per heavy atom. The number of carbonyl (C=O) groups is 2. The van der Waals surface area contributed by atoms with Crippen molar-refractivity contribution >= 4 is 11.8 Å². The molecule has 1 N–H and O–H groups in total. The van der Waals surface area contributed by atoms with Crippen molar-refractivity contribution in [3.63, 3.8) is 0 Å². The quantitative estimate of drug-likeness (QED) is 0.766. The zero-order chi connectivity index (χ0) is 12.9. The number of hydrogen-bond donors (Lipinski definition) is 1. The minimum atomic E-state index is 0.0394. The number of amides is 2. The SMILES string of the molecule is CC.CCN(C)C(C)=O.CCNC(C)=O. The molecule has 0 bridgehead atoms. The predicted octanol–water partition coefficient (Wildman–Crippen LogP) is 1.65. The van der Waals surface area contributed by atoms with E-state index in [1.165, 1.54) is 6.92 Å². The van der Waals surface area contributed by atoms with E-state index in [-0.39, 0.29) is 11.8 Å². The summed E-state index contributed by atoms with van der Waals surface area (Å²) in [7, 11) is 1.78. The monoisotopic (exact) mass is 218 g/mol. The molecular weight excluding hydrogens is 192 g/mol. The topological polar surface area (TPSA) is 49.4 Å². The van der Waals surface area contributed by atoms with Gasteiger partial charge in [0.1, 0.15) is 0 Å². The van der Waals surface area contributed by atoms with Gasteiger partial charge in [-0.15, -0.1) is 0 Å². The molecule has 0 aliphatic carbocycles. The molecule has 0 aromatic rings. The molecule has 92 valence electrons. The van der Waals surface area contributed by atoms with Crippen LogP contribution in [0.15, 0.2) is 0 Å². The van der Waals surface area contributed by atoms with E-state index < -0.39 is 0 Å². The molecule has 0 spiro atoms. The number of carbonyl (C=O) groups excluding carboxylic acids is 2. The van der Waals surface area contributed by atoms with Crippen molar-refractivity contribution < 1.29 is 9.59 Å². The van der Waals surface area contributed by atoms with E-state index in [1.54, 1.807) is 18.9 Å². The molecule has 0 aromatic heterocycles. The molecule has 2 amide bonds.